The number of benzene rings is 1. The van der Waals surface area contributed by atoms with Crippen LogP contribution >= 0.6 is 0 Å². The number of rotatable bonds is 4. The molecule has 1 fully saturated rings. The minimum Gasteiger partial charge on any atom is -0.482 e. The molecule has 0 aliphatic carbocycles. The van der Waals surface area contributed by atoms with Crippen LogP contribution in [0.2, 0.25) is 0 Å². The van der Waals surface area contributed by atoms with Crippen molar-refractivity contribution < 1.29 is 24.2 Å². The van der Waals surface area contributed by atoms with Gasteiger partial charge in [0.15, 0.2) is 6.61 Å². The fourth-order valence-corrected chi connectivity index (χ4v) is 1.60. The van der Waals surface area contributed by atoms with Gasteiger partial charge in [-0.05, 0) is 23.8 Å². The van der Waals surface area contributed by atoms with Gasteiger partial charge >= 0.3 is 12.0 Å². The van der Waals surface area contributed by atoms with E-state index in [2.05, 4.69) is 5.32 Å². The Hall–Kier alpha value is -2.83. The molecule has 0 atom stereocenters. The fourth-order valence-electron chi connectivity index (χ4n) is 1.60. The topological polar surface area (TPSA) is 95.9 Å². The van der Waals surface area contributed by atoms with Crippen LogP contribution in [-0.4, -0.2) is 41.6 Å². The maximum atomic E-state index is 11.6. The lowest BCUT2D eigenvalue weighted by Crippen LogP contribution is -2.25. The molecule has 1 saturated heterocycles. The molecule has 3 amide bonds. The van der Waals surface area contributed by atoms with Gasteiger partial charge in [0.2, 0.25) is 0 Å². The number of carboxylic acids is 1. The van der Waals surface area contributed by atoms with Gasteiger partial charge in [-0.15, -0.1) is 0 Å². The first-order valence-corrected chi connectivity index (χ1v) is 5.73. The maximum absolute atomic E-state index is 11.6. The molecule has 2 N–H and O–H groups in total. The number of ether oxygens (including phenoxy) is 1. The number of likely N-dealkylation sites (N-methyl/N-ethyl adjacent to an activating group) is 1. The van der Waals surface area contributed by atoms with Crippen LogP contribution in [0.5, 0.6) is 5.75 Å². The van der Waals surface area contributed by atoms with Crippen molar-refractivity contribution >= 4 is 24.0 Å². The van der Waals surface area contributed by atoms with Crippen LogP contribution in [0.15, 0.2) is 30.0 Å². The SMILES string of the molecule is CN1C(=O)N/C(=C/c2ccc(OCC(=O)O)cc2)C1=O. The van der Waals surface area contributed by atoms with Crippen molar-refractivity contribution in [2.24, 2.45) is 0 Å². The molecule has 0 unspecified atom stereocenters. The molecule has 1 heterocycles. The second kappa shape index (κ2) is 5.43. The Morgan fingerprint density at radius 1 is 1.35 bits per heavy atom. The summed E-state index contributed by atoms with van der Waals surface area (Å²) in [7, 11) is 1.39. The van der Waals surface area contributed by atoms with Gasteiger partial charge in [0.05, 0.1) is 0 Å². The molecule has 0 radical (unpaired) electrons. The molecule has 1 aromatic rings. The highest BCUT2D eigenvalue weighted by molar-refractivity contribution is 6.13. The van der Waals surface area contributed by atoms with Gasteiger partial charge in [0.25, 0.3) is 5.91 Å². The van der Waals surface area contributed by atoms with Gasteiger partial charge in [0, 0.05) is 7.05 Å². The summed E-state index contributed by atoms with van der Waals surface area (Å²) < 4.78 is 4.98. The van der Waals surface area contributed by atoms with Gasteiger partial charge < -0.3 is 15.2 Å². The summed E-state index contributed by atoms with van der Waals surface area (Å²) in [6, 6.07) is 6.01. The zero-order valence-electron chi connectivity index (χ0n) is 10.6. The van der Waals surface area contributed by atoms with E-state index in [0.717, 1.165) is 4.90 Å². The minimum atomic E-state index is -1.06. The molecular formula is C13H12N2O5. The first-order valence-electron chi connectivity index (χ1n) is 5.73. The largest absolute Gasteiger partial charge is 0.482 e. The van der Waals surface area contributed by atoms with Crippen LogP contribution in [0.4, 0.5) is 4.79 Å². The molecule has 7 nitrogen and oxygen atoms in total. The highest BCUT2D eigenvalue weighted by Gasteiger charge is 2.29. The Morgan fingerprint density at radius 3 is 2.50 bits per heavy atom. The number of carbonyl (C=O) groups excluding carboxylic acids is 2. The third-order valence-corrected chi connectivity index (χ3v) is 2.63. The predicted octanol–water partition coefficient (Wildman–Crippen LogP) is 0.673. The number of hydrogen-bond acceptors (Lipinski definition) is 4. The standard InChI is InChI=1S/C13H12N2O5/c1-15-12(18)10(14-13(15)19)6-8-2-4-9(5-3-8)20-7-11(16)17/h2-6H,7H2,1H3,(H,14,19)(H,16,17)/b10-6+. The zero-order valence-corrected chi connectivity index (χ0v) is 10.6. The lowest BCUT2D eigenvalue weighted by atomic mass is 10.2. The summed E-state index contributed by atoms with van der Waals surface area (Å²) in [4.78, 5) is 34.2. The Morgan fingerprint density at radius 2 is 2.00 bits per heavy atom. The molecule has 7 heteroatoms. The van der Waals surface area contributed by atoms with E-state index in [0.29, 0.717) is 11.3 Å². The Kier molecular flexibility index (Phi) is 3.69. The molecule has 20 heavy (non-hydrogen) atoms. The summed E-state index contributed by atoms with van der Waals surface area (Å²) in [5.74, 6) is -1.05. The van der Waals surface area contributed by atoms with E-state index in [1.54, 1.807) is 24.3 Å². The van der Waals surface area contributed by atoms with Gasteiger partial charge in [-0.3, -0.25) is 9.69 Å². The van der Waals surface area contributed by atoms with Crippen molar-refractivity contribution in [1.82, 2.24) is 10.2 Å². The number of carboxylic acid groups (broad SMARTS) is 1. The Bertz CT molecular complexity index is 591. The minimum absolute atomic E-state index is 0.191. The highest BCUT2D eigenvalue weighted by Crippen LogP contribution is 2.16. The molecule has 0 bridgehead atoms. The fraction of sp³-hybridized carbons (Fsp3) is 0.154. The van der Waals surface area contributed by atoms with Gasteiger partial charge in [-0.25, -0.2) is 9.59 Å². The molecule has 1 aromatic carbocycles. The average molecular weight is 276 g/mol. The number of amides is 3. The molecule has 0 spiro atoms. The third kappa shape index (κ3) is 2.94. The predicted molar refractivity (Wildman–Crippen MR) is 68.9 cm³/mol. The van der Waals surface area contributed by atoms with Crippen LogP contribution in [0.1, 0.15) is 5.56 Å². The van der Waals surface area contributed by atoms with E-state index in [4.69, 9.17) is 9.84 Å². The van der Waals surface area contributed by atoms with E-state index in [9.17, 15) is 14.4 Å². The van der Waals surface area contributed by atoms with E-state index < -0.39 is 24.5 Å². The zero-order chi connectivity index (χ0) is 14.7. The van der Waals surface area contributed by atoms with Gasteiger partial charge in [-0.1, -0.05) is 12.1 Å². The lowest BCUT2D eigenvalue weighted by molar-refractivity contribution is -0.139. The van der Waals surface area contributed by atoms with Crippen LogP contribution < -0.4 is 10.1 Å². The second-order valence-corrected chi connectivity index (χ2v) is 4.10. The monoisotopic (exact) mass is 276 g/mol. The third-order valence-electron chi connectivity index (χ3n) is 2.63. The molecule has 2 rings (SSSR count). The maximum Gasteiger partial charge on any atom is 0.341 e. The van der Waals surface area contributed by atoms with E-state index in [-0.39, 0.29) is 5.70 Å². The van der Waals surface area contributed by atoms with E-state index >= 15 is 0 Å². The lowest BCUT2D eigenvalue weighted by Gasteiger charge is -2.03. The first-order chi connectivity index (χ1) is 9.47. The van der Waals surface area contributed by atoms with E-state index in [1.807, 2.05) is 0 Å². The number of hydrogen-bond donors (Lipinski definition) is 2. The Balaban J connectivity index is 2.09. The summed E-state index contributed by atoms with van der Waals surface area (Å²) in [6.45, 7) is -0.417. The van der Waals surface area contributed by atoms with Crippen LogP contribution in [0, 0.1) is 0 Å². The number of nitrogens with one attached hydrogen (secondary N) is 1. The van der Waals surface area contributed by atoms with Crippen molar-refractivity contribution in [3.63, 3.8) is 0 Å². The smallest absolute Gasteiger partial charge is 0.341 e. The second-order valence-electron chi connectivity index (χ2n) is 4.10. The van der Waals surface area contributed by atoms with Gasteiger partial charge in [0.1, 0.15) is 11.4 Å². The number of urea groups is 1. The quantitative estimate of drug-likeness (QED) is 0.622. The average Bonchev–Trinajstić information content (AvgIpc) is 2.65. The summed E-state index contributed by atoms with van der Waals surface area (Å²) in [5, 5.41) is 10.9. The van der Waals surface area contributed by atoms with Gasteiger partial charge in [-0.2, -0.15) is 0 Å². The molecule has 0 aromatic heterocycles. The van der Waals surface area contributed by atoms with Crippen LogP contribution in [-0.2, 0) is 9.59 Å². The van der Waals surface area contributed by atoms with Crippen LogP contribution in [0.25, 0.3) is 6.08 Å². The molecule has 104 valence electrons. The first kappa shape index (κ1) is 13.6. The highest BCUT2D eigenvalue weighted by atomic mass is 16.5. The molecule has 1 aliphatic rings. The van der Waals surface area contributed by atoms with Crippen molar-refractivity contribution in [2.45, 2.75) is 0 Å². The normalized spacial score (nSPS) is 16.4. The van der Waals surface area contributed by atoms with Crippen molar-refractivity contribution in [3.8, 4) is 5.75 Å². The summed E-state index contributed by atoms with van der Waals surface area (Å²) in [5.41, 5.74) is 0.878. The van der Waals surface area contributed by atoms with E-state index in [1.165, 1.54) is 13.1 Å². The van der Waals surface area contributed by atoms with Crippen LogP contribution in [0.3, 0.4) is 0 Å². The summed E-state index contributed by atoms with van der Waals surface area (Å²) >= 11 is 0. The van der Waals surface area contributed by atoms with Crippen molar-refractivity contribution in [3.05, 3.63) is 35.5 Å². The number of aliphatic carboxylic acids is 1. The number of imide groups is 1. The molecule has 0 saturated carbocycles. The van der Waals surface area contributed by atoms with Crippen molar-refractivity contribution in [2.75, 3.05) is 13.7 Å². The van der Waals surface area contributed by atoms with Crippen molar-refractivity contribution in [1.29, 1.82) is 0 Å². The number of carbonyl (C=O) groups is 3. The molecule has 1 aliphatic heterocycles. The molecular weight excluding hydrogens is 264 g/mol. The summed E-state index contributed by atoms with van der Waals surface area (Å²) in [6.07, 6.45) is 1.53. The Labute approximate surface area is 114 Å². The number of nitrogens with zero attached hydrogens (tertiary/aromatic N) is 1.